The molecule has 1 N–H and O–H groups in total. The number of benzene rings is 1. The average molecular weight is 227 g/mol. The van der Waals surface area contributed by atoms with Gasteiger partial charge in [0.25, 0.3) is 0 Å². The molecule has 1 saturated carbocycles. The van der Waals surface area contributed by atoms with Crippen molar-refractivity contribution < 1.29 is 0 Å². The van der Waals surface area contributed by atoms with E-state index in [9.17, 15) is 0 Å². The van der Waals surface area contributed by atoms with Gasteiger partial charge < -0.3 is 5.32 Å². The van der Waals surface area contributed by atoms with E-state index in [1.165, 1.54) is 37.7 Å². The molecule has 90 valence electrons. The molecule has 1 atom stereocenters. The van der Waals surface area contributed by atoms with Gasteiger partial charge in [-0.15, -0.1) is 0 Å². The predicted molar refractivity (Wildman–Crippen MR) is 72.0 cm³/mol. The molecule has 1 unspecified atom stereocenters. The first kappa shape index (κ1) is 11.0. The maximum atomic E-state index is 3.67. The van der Waals surface area contributed by atoms with Gasteiger partial charge in [-0.25, -0.2) is 0 Å². The van der Waals surface area contributed by atoms with Crippen molar-refractivity contribution in [1.29, 1.82) is 0 Å². The third kappa shape index (κ3) is 2.98. The molecule has 1 fully saturated rings. The van der Waals surface area contributed by atoms with E-state index in [0.29, 0.717) is 6.04 Å². The van der Waals surface area contributed by atoms with Crippen molar-refractivity contribution in [3.8, 4) is 0 Å². The summed E-state index contributed by atoms with van der Waals surface area (Å²) in [5.74, 6) is 0.868. The van der Waals surface area contributed by atoms with Crippen LogP contribution in [0.3, 0.4) is 0 Å². The second-order valence-corrected chi connectivity index (χ2v) is 5.38. The van der Waals surface area contributed by atoms with Crippen LogP contribution < -0.4 is 5.32 Å². The first-order valence-corrected chi connectivity index (χ1v) is 6.89. The molecule has 0 heterocycles. The van der Waals surface area contributed by atoms with E-state index in [-0.39, 0.29) is 0 Å². The molecule has 0 bridgehead atoms. The van der Waals surface area contributed by atoms with Gasteiger partial charge in [-0.1, -0.05) is 36.4 Å². The zero-order valence-corrected chi connectivity index (χ0v) is 10.4. The third-order valence-electron chi connectivity index (χ3n) is 3.86. The van der Waals surface area contributed by atoms with Crippen LogP contribution in [0.5, 0.6) is 0 Å². The molecular weight excluding hydrogens is 206 g/mol. The molecule has 1 aromatic carbocycles. The van der Waals surface area contributed by atoms with Crippen LogP contribution in [0.1, 0.15) is 49.1 Å². The van der Waals surface area contributed by atoms with Crippen molar-refractivity contribution in [2.75, 3.05) is 0 Å². The summed E-state index contributed by atoms with van der Waals surface area (Å²) in [6.45, 7) is 1.03. The van der Waals surface area contributed by atoms with Crippen molar-refractivity contribution in [3.63, 3.8) is 0 Å². The zero-order valence-electron chi connectivity index (χ0n) is 10.4. The molecule has 0 saturated heterocycles. The molecule has 1 aromatic rings. The molecule has 3 rings (SSSR count). The zero-order chi connectivity index (χ0) is 11.5. The Kier molecular flexibility index (Phi) is 3.28. The van der Waals surface area contributed by atoms with E-state index in [0.717, 1.165) is 12.5 Å². The van der Waals surface area contributed by atoms with E-state index in [4.69, 9.17) is 0 Å². The molecule has 0 aromatic heterocycles. The Morgan fingerprint density at radius 1 is 1.12 bits per heavy atom. The smallest absolute Gasteiger partial charge is 0.0208 e. The Balaban J connectivity index is 1.56. The summed E-state index contributed by atoms with van der Waals surface area (Å²) in [6, 6.07) is 9.82. The van der Waals surface area contributed by atoms with Crippen molar-refractivity contribution in [3.05, 3.63) is 47.5 Å². The third-order valence-corrected chi connectivity index (χ3v) is 3.86. The fraction of sp³-hybridized carbons (Fsp3) is 0.500. The highest BCUT2D eigenvalue weighted by Gasteiger charge is 2.23. The maximum Gasteiger partial charge on any atom is 0.0208 e. The van der Waals surface area contributed by atoms with Crippen LogP contribution in [0, 0.1) is 0 Å². The van der Waals surface area contributed by atoms with Gasteiger partial charge in [0.15, 0.2) is 0 Å². The highest BCUT2D eigenvalue weighted by molar-refractivity contribution is 5.29. The van der Waals surface area contributed by atoms with Crippen LogP contribution in [-0.2, 0) is 6.54 Å². The van der Waals surface area contributed by atoms with Crippen molar-refractivity contribution >= 4 is 0 Å². The SMILES string of the molecule is C1=CCC(NCc2cccc(C3CC3)c2)CC1. The standard InChI is InChI=1S/C16H21N/c1-2-7-16(8-3-1)17-12-13-5-4-6-15(11-13)14-9-10-14/h1-2,4-6,11,14,16-17H,3,7-10,12H2. The van der Waals surface area contributed by atoms with E-state index in [1.54, 1.807) is 5.56 Å². The number of rotatable bonds is 4. The molecule has 0 spiro atoms. The molecular formula is C16H21N. The number of hydrogen-bond donors (Lipinski definition) is 1. The predicted octanol–water partition coefficient (Wildman–Crippen LogP) is 3.76. The first-order chi connectivity index (χ1) is 8.42. The van der Waals surface area contributed by atoms with Gasteiger partial charge in [0.05, 0.1) is 0 Å². The second-order valence-electron chi connectivity index (χ2n) is 5.38. The molecule has 17 heavy (non-hydrogen) atoms. The molecule has 0 aliphatic heterocycles. The van der Waals surface area contributed by atoms with Crippen molar-refractivity contribution in [2.24, 2.45) is 0 Å². The topological polar surface area (TPSA) is 12.0 Å². The highest BCUT2D eigenvalue weighted by Crippen LogP contribution is 2.40. The van der Waals surface area contributed by atoms with Crippen LogP contribution >= 0.6 is 0 Å². The normalized spacial score (nSPS) is 23.9. The van der Waals surface area contributed by atoms with Crippen molar-refractivity contribution in [2.45, 2.75) is 50.6 Å². The van der Waals surface area contributed by atoms with Crippen LogP contribution in [0.15, 0.2) is 36.4 Å². The van der Waals surface area contributed by atoms with Gasteiger partial charge >= 0.3 is 0 Å². The molecule has 2 aliphatic carbocycles. The minimum absolute atomic E-state index is 0.685. The van der Waals surface area contributed by atoms with Crippen molar-refractivity contribution in [1.82, 2.24) is 5.32 Å². The van der Waals surface area contributed by atoms with Crippen LogP contribution in [0.25, 0.3) is 0 Å². The van der Waals surface area contributed by atoms with Crippen LogP contribution in [0.2, 0.25) is 0 Å². The van der Waals surface area contributed by atoms with Gasteiger partial charge in [-0.2, -0.15) is 0 Å². The number of hydrogen-bond acceptors (Lipinski definition) is 1. The molecule has 0 amide bonds. The fourth-order valence-electron chi connectivity index (χ4n) is 2.61. The average Bonchev–Trinajstić information content (AvgIpc) is 3.22. The molecule has 1 nitrogen and oxygen atoms in total. The van der Waals surface area contributed by atoms with Gasteiger partial charge in [-0.05, 0) is 49.1 Å². The summed E-state index contributed by atoms with van der Waals surface area (Å²) in [4.78, 5) is 0. The van der Waals surface area contributed by atoms with E-state index in [1.807, 2.05) is 0 Å². The Morgan fingerprint density at radius 3 is 2.82 bits per heavy atom. The van der Waals surface area contributed by atoms with Gasteiger partial charge in [0.2, 0.25) is 0 Å². The summed E-state index contributed by atoms with van der Waals surface area (Å²) < 4.78 is 0. The first-order valence-electron chi connectivity index (χ1n) is 6.89. The van der Waals surface area contributed by atoms with Crippen LogP contribution in [-0.4, -0.2) is 6.04 Å². The Hall–Kier alpha value is -1.08. The lowest BCUT2D eigenvalue weighted by molar-refractivity contribution is 0.474. The summed E-state index contributed by atoms with van der Waals surface area (Å²) in [7, 11) is 0. The summed E-state index contributed by atoms with van der Waals surface area (Å²) in [5.41, 5.74) is 3.00. The Bertz CT molecular complexity index is 404. The lowest BCUT2D eigenvalue weighted by atomic mass is 10.0. The van der Waals surface area contributed by atoms with E-state index in [2.05, 4.69) is 41.7 Å². The number of nitrogens with one attached hydrogen (secondary N) is 1. The molecule has 1 heteroatoms. The summed E-state index contributed by atoms with van der Waals surface area (Å²) in [6.07, 6.45) is 11.1. The lowest BCUT2D eigenvalue weighted by Gasteiger charge is -2.19. The Labute approximate surface area is 104 Å². The van der Waals surface area contributed by atoms with E-state index >= 15 is 0 Å². The minimum Gasteiger partial charge on any atom is -0.310 e. The number of allylic oxidation sites excluding steroid dienone is 1. The summed E-state index contributed by atoms with van der Waals surface area (Å²) in [5, 5.41) is 3.67. The quantitative estimate of drug-likeness (QED) is 0.772. The highest BCUT2D eigenvalue weighted by atomic mass is 14.9. The van der Waals surface area contributed by atoms with Gasteiger partial charge in [0.1, 0.15) is 0 Å². The van der Waals surface area contributed by atoms with Gasteiger partial charge in [0, 0.05) is 12.6 Å². The molecule has 2 aliphatic rings. The van der Waals surface area contributed by atoms with Crippen LogP contribution in [0.4, 0.5) is 0 Å². The van der Waals surface area contributed by atoms with E-state index < -0.39 is 0 Å². The maximum absolute atomic E-state index is 3.67. The summed E-state index contributed by atoms with van der Waals surface area (Å²) >= 11 is 0. The van der Waals surface area contributed by atoms with Gasteiger partial charge in [-0.3, -0.25) is 0 Å². The molecule has 0 radical (unpaired) electrons. The Morgan fingerprint density at radius 2 is 2.06 bits per heavy atom. The largest absolute Gasteiger partial charge is 0.310 e. The monoisotopic (exact) mass is 227 g/mol. The minimum atomic E-state index is 0.685. The second kappa shape index (κ2) is 5.05. The lowest BCUT2D eigenvalue weighted by Crippen LogP contribution is -2.29. The fourth-order valence-corrected chi connectivity index (χ4v) is 2.61.